The fraction of sp³-hybridized carbons (Fsp3) is 0.375. The highest BCUT2D eigenvalue weighted by molar-refractivity contribution is 9.10. The van der Waals surface area contributed by atoms with Crippen LogP contribution in [0, 0.1) is 0 Å². The van der Waals surface area contributed by atoms with Crippen LogP contribution in [0.4, 0.5) is 0 Å². The van der Waals surface area contributed by atoms with Gasteiger partial charge in [-0.25, -0.2) is 0 Å². The van der Waals surface area contributed by atoms with Crippen LogP contribution in [0.5, 0.6) is 0 Å². The van der Waals surface area contributed by atoms with E-state index in [2.05, 4.69) is 42.6 Å². The lowest BCUT2D eigenvalue weighted by Crippen LogP contribution is -2.53. The van der Waals surface area contributed by atoms with Gasteiger partial charge in [0.1, 0.15) is 0 Å². The van der Waals surface area contributed by atoms with Crippen molar-refractivity contribution < 1.29 is 9.21 Å². The van der Waals surface area contributed by atoms with Crippen LogP contribution in [0.15, 0.2) is 43.7 Å². The summed E-state index contributed by atoms with van der Waals surface area (Å²) in [6, 6.07) is 5.54. The average molecular weight is 411 g/mol. The first-order chi connectivity index (χ1) is 11.7. The van der Waals surface area contributed by atoms with E-state index in [4.69, 9.17) is 4.42 Å². The Hall–Kier alpha value is -1.80. The van der Waals surface area contributed by atoms with E-state index < -0.39 is 0 Å². The van der Waals surface area contributed by atoms with E-state index in [0.29, 0.717) is 18.8 Å². The van der Waals surface area contributed by atoms with Gasteiger partial charge in [-0.3, -0.25) is 9.79 Å². The molecule has 0 aromatic carbocycles. The monoisotopic (exact) mass is 410 g/mol. The number of furan rings is 1. The van der Waals surface area contributed by atoms with Crippen molar-refractivity contribution in [2.45, 2.75) is 6.54 Å². The largest absolute Gasteiger partial charge is 0.459 e. The van der Waals surface area contributed by atoms with Crippen LogP contribution < -0.4 is 5.32 Å². The smallest absolute Gasteiger partial charge is 0.289 e. The predicted molar refractivity (Wildman–Crippen MR) is 98.4 cm³/mol. The Morgan fingerprint density at radius 3 is 2.71 bits per heavy atom. The van der Waals surface area contributed by atoms with E-state index in [1.165, 1.54) is 11.1 Å². The summed E-state index contributed by atoms with van der Waals surface area (Å²) in [7, 11) is 1.78. The maximum absolute atomic E-state index is 12.3. The predicted octanol–water partition coefficient (Wildman–Crippen LogP) is 2.64. The highest BCUT2D eigenvalue weighted by Gasteiger charge is 2.25. The third-order valence-corrected chi connectivity index (χ3v) is 5.55. The Kier molecular flexibility index (Phi) is 5.57. The normalized spacial score (nSPS) is 15.7. The van der Waals surface area contributed by atoms with Gasteiger partial charge in [-0.05, 0) is 34.1 Å². The van der Waals surface area contributed by atoms with Crippen molar-refractivity contribution in [3.63, 3.8) is 0 Å². The molecule has 2 aromatic heterocycles. The SMILES string of the molecule is CN=C(NCc1cc(Br)cs1)N1CCN(C(=O)c2ccco2)CC1. The van der Waals surface area contributed by atoms with Crippen LogP contribution in [0.1, 0.15) is 15.4 Å². The van der Waals surface area contributed by atoms with Crippen LogP contribution in [0.25, 0.3) is 0 Å². The van der Waals surface area contributed by atoms with E-state index in [1.54, 1.807) is 30.5 Å². The fourth-order valence-corrected chi connectivity index (χ4v) is 4.01. The summed E-state index contributed by atoms with van der Waals surface area (Å²) < 4.78 is 6.29. The second-order valence-electron chi connectivity index (χ2n) is 5.39. The molecule has 3 rings (SSSR count). The summed E-state index contributed by atoms with van der Waals surface area (Å²) in [6.45, 7) is 3.56. The Bertz CT molecular complexity index is 705. The van der Waals surface area contributed by atoms with Crippen LogP contribution in [0.3, 0.4) is 0 Å². The van der Waals surface area contributed by atoms with Gasteiger partial charge < -0.3 is 19.5 Å². The molecule has 1 N–H and O–H groups in total. The number of amides is 1. The van der Waals surface area contributed by atoms with Crippen molar-refractivity contribution in [1.29, 1.82) is 0 Å². The van der Waals surface area contributed by atoms with Crippen LogP contribution in [-0.2, 0) is 6.54 Å². The van der Waals surface area contributed by atoms with Crippen molar-refractivity contribution in [3.05, 3.63) is 45.0 Å². The number of rotatable bonds is 3. The Morgan fingerprint density at radius 1 is 1.38 bits per heavy atom. The molecule has 0 saturated carbocycles. The van der Waals surface area contributed by atoms with E-state index in [0.717, 1.165) is 30.1 Å². The van der Waals surface area contributed by atoms with Gasteiger partial charge in [0.05, 0.1) is 12.8 Å². The number of piperazine rings is 1. The van der Waals surface area contributed by atoms with Crippen molar-refractivity contribution in [2.75, 3.05) is 33.2 Å². The van der Waals surface area contributed by atoms with Crippen molar-refractivity contribution >= 4 is 39.1 Å². The number of hydrogen-bond donors (Lipinski definition) is 1. The lowest BCUT2D eigenvalue weighted by atomic mass is 10.3. The lowest BCUT2D eigenvalue weighted by molar-refractivity contribution is 0.0657. The van der Waals surface area contributed by atoms with Gasteiger partial charge in [0.15, 0.2) is 11.7 Å². The number of carbonyl (C=O) groups excluding carboxylic acids is 1. The molecule has 1 fully saturated rings. The highest BCUT2D eigenvalue weighted by Crippen LogP contribution is 2.19. The molecule has 0 atom stereocenters. The topological polar surface area (TPSA) is 61.1 Å². The second-order valence-corrected chi connectivity index (χ2v) is 7.30. The Labute approximate surface area is 153 Å². The van der Waals surface area contributed by atoms with Gasteiger partial charge >= 0.3 is 0 Å². The molecular formula is C16H19BrN4O2S. The molecule has 1 amide bonds. The molecule has 1 aliphatic rings. The maximum atomic E-state index is 12.3. The lowest BCUT2D eigenvalue weighted by Gasteiger charge is -2.36. The number of halogens is 1. The third kappa shape index (κ3) is 3.99. The first-order valence-electron chi connectivity index (χ1n) is 7.68. The Morgan fingerprint density at radius 2 is 2.12 bits per heavy atom. The minimum atomic E-state index is -0.0500. The number of carbonyl (C=O) groups is 1. The summed E-state index contributed by atoms with van der Waals surface area (Å²) in [4.78, 5) is 21.9. The molecule has 24 heavy (non-hydrogen) atoms. The first kappa shape index (κ1) is 17.0. The first-order valence-corrected chi connectivity index (χ1v) is 9.36. The number of guanidine groups is 1. The van der Waals surface area contributed by atoms with E-state index in [1.807, 2.05) is 4.90 Å². The van der Waals surface area contributed by atoms with E-state index in [-0.39, 0.29) is 5.91 Å². The summed E-state index contributed by atoms with van der Waals surface area (Å²) in [5, 5.41) is 5.45. The van der Waals surface area contributed by atoms with Gasteiger partial charge in [-0.2, -0.15) is 0 Å². The summed E-state index contributed by atoms with van der Waals surface area (Å²) in [6.07, 6.45) is 1.53. The molecule has 1 aliphatic heterocycles. The van der Waals surface area contributed by atoms with Crippen LogP contribution in [-0.4, -0.2) is 54.9 Å². The molecule has 0 spiro atoms. The van der Waals surface area contributed by atoms with Crippen molar-refractivity contribution in [3.8, 4) is 0 Å². The molecule has 0 aliphatic carbocycles. The minimum absolute atomic E-state index is 0.0500. The zero-order valence-corrected chi connectivity index (χ0v) is 15.8. The molecule has 2 aromatic rings. The molecule has 3 heterocycles. The molecule has 0 bridgehead atoms. The standard InChI is InChI=1S/C16H19BrN4O2S/c1-18-16(19-10-13-9-12(17)11-24-13)21-6-4-20(5-7-21)15(22)14-3-2-8-23-14/h2-3,8-9,11H,4-7,10H2,1H3,(H,18,19). The third-order valence-electron chi connectivity index (χ3n) is 3.85. The molecule has 1 saturated heterocycles. The highest BCUT2D eigenvalue weighted by atomic mass is 79.9. The Balaban J connectivity index is 1.52. The van der Waals surface area contributed by atoms with Gasteiger partial charge in [0.25, 0.3) is 5.91 Å². The summed E-state index contributed by atoms with van der Waals surface area (Å²) in [5.74, 6) is 1.21. The summed E-state index contributed by atoms with van der Waals surface area (Å²) in [5.41, 5.74) is 0. The molecule has 128 valence electrons. The zero-order valence-electron chi connectivity index (χ0n) is 13.4. The number of aliphatic imine (C=N–C) groups is 1. The number of thiophene rings is 1. The molecule has 6 nitrogen and oxygen atoms in total. The van der Waals surface area contributed by atoms with Gasteiger partial charge in [0.2, 0.25) is 0 Å². The van der Waals surface area contributed by atoms with Crippen molar-refractivity contribution in [1.82, 2.24) is 15.1 Å². The minimum Gasteiger partial charge on any atom is -0.459 e. The van der Waals surface area contributed by atoms with Gasteiger partial charge in [0, 0.05) is 48.0 Å². The van der Waals surface area contributed by atoms with Crippen molar-refractivity contribution in [2.24, 2.45) is 4.99 Å². The van der Waals surface area contributed by atoms with Crippen LogP contribution in [0.2, 0.25) is 0 Å². The second kappa shape index (κ2) is 7.85. The van der Waals surface area contributed by atoms with Gasteiger partial charge in [-0.15, -0.1) is 11.3 Å². The quantitative estimate of drug-likeness (QED) is 0.623. The van der Waals surface area contributed by atoms with Crippen LogP contribution >= 0.6 is 27.3 Å². The molecule has 8 heteroatoms. The average Bonchev–Trinajstić information content (AvgIpc) is 3.27. The van der Waals surface area contributed by atoms with Gasteiger partial charge in [-0.1, -0.05) is 0 Å². The van der Waals surface area contributed by atoms with E-state index >= 15 is 0 Å². The number of nitrogens with zero attached hydrogens (tertiary/aromatic N) is 3. The molecule has 0 radical (unpaired) electrons. The van der Waals surface area contributed by atoms with E-state index in [9.17, 15) is 4.79 Å². The zero-order chi connectivity index (χ0) is 16.9. The number of nitrogens with one attached hydrogen (secondary N) is 1. The fourth-order valence-electron chi connectivity index (χ4n) is 2.62. The number of hydrogen-bond acceptors (Lipinski definition) is 4. The maximum Gasteiger partial charge on any atom is 0.289 e. The summed E-state index contributed by atoms with van der Waals surface area (Å²) >= 11 is 5.17. The molecule has 0 unspecified atom stereocenters. The molecular weight excluding hydrogens is 392 g/mol.